The Hall–Kier alpha value is -2.00. The molecule has 0 aromatic heterocycles. The van der Waals surface area contributed by atoms with Crippen LogP contribution in [-0.4, -0.2) is 10.9 Å². The van der Waals surface area contributed by atoms with E-state index >= 15 is 0 Å². The fraction of sp³-hybridized carbons (Fsp3) is 0.0714. The Morgan fingerprint density at radius 1 is 1.22 bits per heavy atom. The van der Waals surface area contributed by atoms with E-state index < -0.39 is 0 Å². The number of nitrogen functional groups attached to an aromatic ring is 1. The summed E-state index contributed by atoms with van der Waals surface area (Å²) in [5, 5.41) is 9.77. The summed E-state index contributed by atoms with van der Waals surface area (Å²) in [6, 6.07) is 11.4. The van der Waals surface area contributed by atoms with Gasteiger partial charge in [-0.25, -0.2) is 0 Å². The van der Waals surface area contributed by atoms with Crippen LogP contribution in [0.5, 0.6) is 5.75 Å². The van der Waals surface area contributed by atoms with Crippen LogP contribution in [0.4, 0.5) is 5.69 Å². The zero-order valence-corrected chi connectivity index (χ0v) is 10.3. The number of carbonyl (C=O) groups is 1. The molecule has 0 aliphatic heterocycles. The van der Waals surface area contributed by atoms with Gasteiger partial charge < -0.3 is 10.8 Å². The molecule has 2 aromatic rings. The molecular weight excluding hydrogens is 250 g/mol. The van der Waals surface area contributed by atoms with E-state index in [1.165, 1.54) is 0 Å². The predicted octanol–water partition coefficient (Wildman–Crippen LogP) is 3.05. The largest absolute Gasteiger partial charge is 0.508 e. The van der Waals surface area contributed by atoms with Gasteiger partial charge >= 0.3 is 0 Å². The quantitative estimate of drug-likeness (QED) is 0.659. The number of ketones is 1. The number of rotatable bonds is 3. The molecule has 0 aliphatic carbocycles. The third-order valence-electron chi connectivity index (χ3n) is 2.52. The number of anilines is 1. The van der Waals surface area contributed by atoms with Gasteiger partial charge in [0.25, 0.3) is 0 Å². The number of hydrogen-bond acceptors (Lipinski definition) is 3. The van der Waals surface area contributed by atoms with Gasteiger partial charge in [-0.3, -0.25) is 4.79 Å². The molecule has 0 aliphatic rings. The van der Waals surface area contributed by atoms with Crippen LogP contribution >= 0.6 is 11.6 Å². The van der Waals surface area contributed by atoms with Crippen molar-refractivity contribution >= 4 is 23.1 Å². The zero-order valence-electron chi connectivity index (χ0n) is 9.56. The lowest BCUT2D eigenvalue weighted by atomic mass is 10.0. The molecule has 0 spiro atoms. The summed E-state index contributed by atoms with van der Waals surface area (Å²) in [4.78, 5) is 12.0. The number of phenolic OH excluding ortho intramolecular Hbond substituents is 1. The first-order valence-corrected chi connectivity index (χ1v) is 5.79. The standard InChI is InChI=1S/C14H12ClNO2/c15-11-6-10(7-12(16)8-11)14(18)5-9-2-1-3-13(17)4-9/h1-4,6-8,17H,5,16H2. The Balaban J connectivity index is 2.22. The first kappa shape index (κ1) is 12.5. The lowest BCUT2D eigenvalue weighted by Crippen LogP contribution is -2.04. The van der Waals surface area contributed by atoms with Crippen molar-refractivity contribution in [3.8, 4) is 5.75 Å². The van der Waals surface area contributed by atoms with Crippen molar-refractivity contribution in [1.29, 1.82) is 0 Å². The van der Waals surface area contributed by atoms with E-state index in [0.29, 0.717) is 16.3 Å². The van der Waals surface area contributed by atoms with Crippen LogP contribution < -0.4 is 5.73 Å². The summed E-state index contributed by atoms with van der Waals surface area (Å²) in [5.41, 5.74) is 7.32. The molecule has 3 N–H and O–H groups in total. The van der Waals surface area contributed by atoms with E-state index in [2.05, 4.69) is 0 Å². The topological polar surface area (TPSA) is 63.3 Å². The molecule has 4 heteroatoms. The molecule has 0 radical (unpaired) electrons. The predicted molar refractivity (Wildman–Crippen MR) is 72.0 cm³/mol. The molecule has 2 rings (SSSR count). The lowest BCUT2D eigenvalue weighted by Gasteiger charge is -2.04. The fourth-order valence-electron chi connectivity index (χ4n) is 1.73. The smallest absolute Gasteiger partial charge is 0.167 e. The van der Waals surface area contributed by atoms with Crippen molar-refractivity contribution < 1.29 is 9.90 Å². The summed E-state index contributed by atoms with van der Waals surface area (Å²) in [6.07, 6.45) is 0.203. The molecule has 0 heterocycles. The minimum absolute atomic E-state index is 0.0881. The summed E-state index contributed by atoms with van der Waals surface area (Å²) >= 11 is 5.85. The van der Waals surface area contributed by atoms with Crippen LogP contribution in [0.15, 0.2) is 42.5 Å². The first-order chi connectivity index (χ1) is 8.54. The zero-order chi connectivity index (χ0) is 13.1. The summed E-state index contributed by atoms with van der Waals surface area (Å²) < 4.78 is 0. The maximum atomic E-state index is 12.0. The van der Waals surface area contributed by atoms with Gasteiger partial charge in [0.15, 0.2) is 5.78 Å². The lowest BCUT2D eigenvalue weighted by molar-refractivity contribution is 0.0993. The summed E-state index contributed by atoms with van der Waals surface area (Å²) in [7, 11) is 0. The number of carbonyl (C=O) groups excluding carboxylic acids is 1. The molecule has 0 unspecified atom stereocenters. The molecule has 2 aromatic carbocycles. The normalized spacial score (nSPS) is 10.3. The number of aromatic hydroxyl groups is 1. The minimum Gasteiger partial charge on any atom is -0.508 e. The third-order valence-corrected chi connectivity index (χ3v) is 2.74. The van der Waals surface area contributed by atoms with Gasteiger partial charge in [-0.1, -0.05) is 23.7 Å². The van der Waals surface area contributed by atoms with Gasteiger partial charge in [0, 0.05) is 22.7 Å². The fourth-order valence-corrected chi connectivity index (χ4v) is 1.97. The van der Waals surface area contributed by atoms with Crippen LogP contribution in [0, 0.1) is 0 Å². The van der Waals surface area contributed by atoms with Crippen molar-refractivity contribution in [3.05, 3.63) is 58.6 Å². The number of halogens is 1. The van der Waals surface area contributed by atoms with Crippen molar-refractivity contribution in [2.75, 3.05) is 5.73 Å². The third kappa shape index (κ3) is 3.02. The number of hydrogen-bond donors (Lipinski definition) is 2. The average Bonchev–Trinajstić information content (AvgIpc) is 2.27. The van der Waals surface area contributed by atoms with Gasteiger partial charge in [0.05, 0.1) is 0 Å². The van der Waals surface area contributed by atoms with Crippen LogP contribution in [0.1, 0.15) is 15.9 Å². The Morgan fingerprint density at radius 2 is 2.00 bits per heavy atom. The Morgan fingerprint density at radius 3 is 2.67 bits per heavy atom. The number of Topliss-reactive ketones (excluding diaryl/α,β-unsaturated/α-hetero) is 1. The van der Waals surface area contributed by atoms with Gasteiger partial charge in [0.1, 0.15) is 5.75 Å². The van der Waals surface area contributed by atoms with Gasteiger partial charge in [0.2, 0.25) is 0 Å². The summed E-state index contributed by atoms with van der Waals surface area (Å²) in [5.74, 6) is 0.0562. The molecule has 0 amide bonds. The number of nitrogens with two attached hydrogens (primary N) is 1. The highest BCUT2D eigenvalue weighted by molar-refractivity contribution is 6.31. The van der Waals surface area contributed by atoms with Gasteiger partial charge in [-0.2, -0.15) is 0 Å². The first-order valence-electron chi connectivity index (χ1n) is 5.42. The van der Waals surface area contributed by atoms with Crippen molar-refractivity contribution in [2.45, 2.75) is 6.42 Å². The average molecular weight is 262 g/mol. The van der Waals surface area contributed by atoms with Gasteiger partial charge in [-0.15, -0.1) is 0 Å². The SMILES string of the molecule is Nc1cc(Cl)cc(C(=O)Cc2cccc(O)c2)c1. The number of benzene rings is 2. The van der Waals surface area contributed by atoms with Crippen LogP contribution in [0.2, 0.25) is 5.02 Å². The Bertz CT molecular complexity index is 576. The second kappa shape index (κ2) is 5.10. The van der Waals surface area contributed by atoms with Crippen LogP contribution in [-0.2, 0) is 6.42 Å². The number of phenols is 1. The molecular formula is C14H12ClNO2. The van der Waals surface area contributed by atoms with Gasteiger partial charge in [-0.05, 0) is 35.9 Å². The Labute approximate surface area is 110 Å². The van der Waals surface area contributed by atoms with E-state index in [1.807, 2.05) is 0 Å². The monoisotopic (exact) mass is 261 g/mol. The van der Waals surface area contributed by atoms with Crippen molar-refractivity contribution in [1.82, 2.24) is 0 Å². The molecule has 0 saturated carbocycles. The molecule has 0 bridgehead atoms. The second-order valence-electron chi connectivity index (χ2n) is 4.04. The summed E-state index contributed by atoms with van der Waals surface area (Å²) in [6.45, 7) is 0. The van der Waals surface area contributed by atoms with E-state index in [0.717, 1.165) is 5.56 Å². The minimum atomic E-state index is -0.0881. The maximum Gasteiger partial charge on any atom is 0.167 e. The highest BCUT2D eigenvalue weighted by Gasteiger charge is 2.09. The van der Waals surface area contributed by atoms with Crippen molar-refractivity contribution in [2.24, 2.45) is 0 Å². The highest BCUT2D eigenvalue weighted by Crippen LogP contribution is 2.19. The molecule has 0 atom stereocenters. The van der Waals surface area contributed by atoms with E-state index in [-0.39, 0.29) is 18.0 Å². The maximum absolute atomic E-state index is 12.0. The molecule has 3 nitrogen and oxygen atoms in total. The second-order valence-corrected chi connectivity index (χ2v) is 4.48. The molecule has 18 heavy (non-hydrogen) atoms. The molecule has 0 saturated heterocycles. The van der Waals surface area contributed by atoms with Crippen molar-refractivity contribution in [3.63, 3.8) is 0 Å². The van der Waals surface area contributed by atoms with E-state index in [4.69, 9.17) is 17.3 Å². The highest BCUT2D eigenvalue weighted by atomic mass is 35.5. The van der Waals surface area contributed by atoms with E-state index in [9.17, 15) is 9.90 Å². The molecule has 92 valence electrons. The Kier molecular flexibility index (Phi) is 3.53. The van der Waals surface area contributed by atoms with Crippen LogP contribution in [0.25, 0.3) is 0 Å². The van der Waals surface area contributed by atoms with Crippen LogP contribution in [0.3, 0.4) is 0 Å². The van der Waals surface area contributed by atoms with E-state index in [1.54, 1.807) is 42.5 Å². The molecule has 0 fully saturated rings.